The largest absolute Gasteiger partial charge is 0.478 e. The topological polar surface area (TPSA) is 37.3 Å². The van der Waals surface area contributed by atoms with Crippen molar-refractivity contribution in [3.8, 4) is 11.1 Å². The van der Waals surface area contributed by atoms with Gasteiger partial charge in [0.1, 0.15) is 0 Å². The van der Waals surface area contributed by atoms with Crippen molar-refractivity contribution < 1.29 is 9.90 Å². The molecular formula is C15H7Cl3O2. The summed E-state index contributed by atoms with van der Waals surface area (Å²) in [7, 11) is 0. The molecule has 0 fully saturated rings. The number of carboxylic acid groups (broad SMARTS) is 1. The van der Waals surface area contributed by atoms with Gasteiger partial charge in [-0.25, -0.2) is 4.79 Å². The Bertz CT molecular complexity index is 779. The summed E-state index contributed by atoms with van der Waals surface area (Å²) in [6.45, 7) is 0. The molecule has 5 heteroatoms. The zero-order valence-electron chi connectivity index (χ0n) is 9.95. The smallest absolute Gasteiger partial charge is 0.328 e. The van der Waals surface area contributed by atoms with Crippen molar-refractivity contribution in [3.63, 3.8) is 0 Å². The van der Waals surface area contributed by atoms with Gasteiger partial charge in [0.05, 0.1) is 5.02 Å². The van der Waals surface area contributed by atoms with Crippen LogP contribution in [0.2, 0.25) is 15.1 Å². The second-order valence-electron chi connectivity index (χ2n) is 4.37. The second kappa shape index (κ2) is 4.81. The Morgan fingerprint density at radius 1 is 1.00 bits per heavy atom. The molecule has 100 valence electrons. The number of rotatable bonds is 1. The van der Waals surface area contributed by atoms with Crippen molar-refractivity contribution in [2.75, 3.05) is 0 Å². The van der Waals surface area contributed by atoms with Gasteiger partial charge in [0, 0.05) is 27.2 Å². The fraction of sp³-hybridized carbons (Fsp3) is 0. The minimum Gasteiger partial charge on any atom is -0.478 e. The van der Waals surface area contributed by atoms with E-state index in [4.69, 9.17) is 39.9 Å². The van der Waals surface area contributed by atoms with E-state index in [9.17, 15) is 4.79 Å². The Labute approximate surface area is 130 Å². The summed E-state index contributed by atoms with van der Waals surface area (Å²) in [5.41, 5.74) is 3.48. The molecule has 0 radical (unpaired) electrons. The van der Waals surface area contributed by atoms with Crippen LogP contribution >= 0.6 is 34.8 Å². The molecule has 0 unspecified atom stereocenters. The van der Waals surface area contributed by atoms with Gasteiger partial charge < -0.3 is 5.11 Å². The van der Waals surface area contributed by atoms with Gasteiger partial charge >= 0.3 is 5.97 Å². The zero-order chi connectivity index (χ0) is 14.4. The minimum atomic E-state index is -1.04. The summed E-state index contributed by atoms with van der Waals surface area (Å²) in [5, 5.41) is 10.5. The first-order chi connectivity index (χ1) is 9.49. The average Bonchev–Trinajstić information content (AvgIpc) is 2.64. The molecule has 0 spiro atoms. The van der Waals surface area contributed by atoms with Gasteiger partial charge in [-0.15, -0.1) is 0 Å². The minimum absolute atomic E-state index is 0.410. The highest BCUT2D eigenvalue weighted by Crippen LogP contribution is 2.50. The Hall–Kier alpha value is -1.48. The van der Waals surface area contributed by atoms with Gasteiger partial charge in [0.2, 0.25) is 0 Å². The average molecular weight is 326 g/mol. The summed E-state index contributed by atoms with van der Waals surface area (Å²) < 4.78 is 0. The summed E-state index contributed by atoms with van der Waals surface area (Å²) >= 11 is 18.5. The molecule has 1 N–H and O–H groups in total. The monoisotopic (exact) mass is 324 g/mol. The number of fused-ring (bicyclic) bond motifs is 3. The van der Waals surface area contributed by atoms with Gasteiger partial charge in [-0.1, -0.05) is 46.9 Å². The zero-order valence-corrected chi connectivity index (χ0v) is 12.2. The number of carboxylic acids is 1. The van der Waals surface area contributed by atoms with Crippen LogP contribution in [-0.2, 0) is 4.79 Å². The third-order valence-corrected chi connectivity index (χ3v) is 4.00. The first-order valence-corrected chi connectivity index (χ1v) is 6.85. The number of carbonyl (C=O) groups is 1. The number of aliphatic carboxylic acids is 1. The fourth-order valence-corrected chi connectivity index (χ4v) is 3.35. The molecule has 2 aromatic rings. The van der Waals surface area contributed by atoms with E-state index in [1.165, 1.54) is 0 Å². The predicted octanol–water partition coefficient (Wildman–Crippen LogP) is 5.14. The van der Waals surface area contributed by atoms with Crippen LogP contribution in [0.5, 0.6) is 0 Å². The Morgan fingerprint density at radius 2 is 1.75 bits per heavy atom. The Morgan fingerprint density at radius 3 is 2.45 bits per heavy atom. The van der Waals surface area contributed by atoms with E-state index in [1.807, 2.05) is 6.07 Å². The van der Waals surface area contributed by atoms with Crippen LogP contribution in [0.3, 0.4) is 0 Å². The molecule has 0 atom stereocenters. The van der Waals surface area contributed by atoms with Crippen LogP contribution in [0.1, 0.15) is 11.1 Å². The van der Waals surface area contributed by atoms with Crippen LogP contribution in [-0.4, -0.2) is 11.1 Å². The lowest BCUT2D eigenvalue weighted by Crippen LogP contribution is -1.92. The molecule has 20 heavy (non-hydrogen) atoms. The molecule has 0 bridgehead atoms. The molecule has 0 amide bonds. The van der Waals surface area contributed by atoms with Gasteiger partial charge in [0.25, 0.3) is 0 Å². The summed E-state index contributed by atoms with van der Waals surface area (Å²) in [5.74, 6) is -1.04. The number of benzene rings is 2. The van der Waals surface area contributed by atoms with Crippen LogP contribution < -0.4 is 0 Å². The van der Waals surface area contributed by atoms with Crippen molar-refractivity contribution in [3.05, 3.63) is 62.6 Å². The highest BCUT2D eigenvalue weighted by atomic mass is 35.5. The maximum absolute atomic E-state index is 11.1. The van der Waals surface area contributed by atoms with E-state index >= 15 is 0 Å². The first-order valence-electron chi connectivity index (χ1n) is 5.72. The van der Waals surface area contributed by atoms with E-state index < -0.39 is 5.97 Å². The molecule has 1 aliphatic rings. The Balaban J connectivity index is 2.45. The van der Waals surface area contributed by atoms with Gasteiger partial charge in [-0.3, -0.25) is 0 Å². The lowest BCUT2D eigenvalue weighted by molar-refractivity contribution is -0.131. The fourth-order valence-electron chi connectivity index (χ4n) is 2.47. The first kappa shape index (κ1) is 13.5. The highest BCUT2D eigenvalue weighted by Gasteiger charge is 2.28. The van der Waals surface area contributed by atoms with Crippen LogP contribution in [0, 0.1) is 0 Å². The van der Waals surface area contributed by atoms with E-state index in [0.29, 0.717) is 26.2 Å². The normalized spacial score (nSPS) is 14.2. The molecule has 0 aromatic heterocycles. The van der Waals surface area contributed by atoms with E-state index in [1.54, 1.807) is 24.3 Å². The SMILES string of the molecule is O=C(O)/C=C1\c2cccc(Cl)c2-c2cc(Cl)cc(Cl)c21. The molecule has 0 saturated carbocycles. The van der Waals surface area contributed by atoms with Crippen molar-refractivity contribution >= 4 is 46.3 Å². The molecule has 3 rings (SSSR count). The third-order valence-electron chi connectivity index (χ3n) is 3.17. The number of hydrogen-bond donors (Lipinski definition) is 1. The summed E-state index contributed by atoms with van der Waals surface area (Å²) in [4.78, 5) is 11.1. The molecule has 0 saturated heterocycles. The standard InChI is InChI=1S/C15H7Cl3O2/c16-7-4-10-14-8(2-1-3-11(14)17)9(6-13(19)20)15(10)12(18)5-7/h1-6H,(H,19,20)/b9-6+. The predicted molar refractivity (Wildman–Crippen MR) is 81.6 cm³/mol. The summed E-state index contributed by atoms with van der Waals surface area (Å²) in [6.07, 6.45) is 1.14. The lowest BCUT2D eigenvalue weighted by Gasteiger charge is -2.05. The molecule has 2 aromatic carbocycles. The molecule has 0 heterocycles. The molecule has 0 aliphatic heterocycles. The maximum Gasteiger partial charge on any atom is 0.328 e. The second-order valence-corrected chi connectivity index (χ2v) is 5.62. The maximum atomic E-state index is 11.1. The molecular weight excluding hydrogens is 319 g/mol. The third kappa shape index (κ3) is 2.01. The van der Waals surface area contributed by atoms with Gasteiger partial charge in [-0.2, -0.15) is 0 Å². The molecule has 1 aliphatic carbocycles. The van der Waals surface area contributed by atoms with E-state index in [2.05, 4.69) is 0 Å². The van der Waals surface area contributed by atoms with Gasteiger partial charge in [-0.05, 0) is 34.9 Å². The van der Waals surface area contributed by atoms with Crippen molar-refractivity contribution in [1.82, 2.24) is 0 Å². The van der Waals surface area contributed by atoms with E-state index in [-0.39, 0.29) is 0 Å². The van der Waals surface area contributed by atoms with E-state index in [0.717, 1.165) is 22.8 Å². The number of hydrogen-bond acceptors (Lipinski definition) is 1. The number of halogens is 3. The van der Waals surface area contributed by atoms with Crippen molar-refractivity contribution in [1.29, 1.82) is 0 Å². The summed E-state index contributed by atoms with van der Waals surface area (Å²) in [6, 6.07) is 8.69. The lowest BCUT2D eigenvalue weighted by atomic mass is 10.0. The molecule has 2 nitrogen and oxygen atoms in total. The van der Waals surface area contributed by atoms with Crippen molar-refractivity contribution in [2.45, 2.75) is 0 Å². The quantitative estimate of drug-likeness (QED) is 0.629. The van der Waals surface area contributed by atoms with Gasteiger partial charge in [0.15, 0.2) is 0 Å². The highest BCUT2D eigenvalue weighted by molar-refractivity contribution is 6.39. The van der Waals surface area contributed by atoms with Crippen molar-refractivity contribution in [2.24, 2.45) is 0 Å². The Kier molecular flexibility index (Phi) is 3.25. The van der Waals surface area contributed by atoms with Crippen LogP contribution in [0.25, 0.3) is 16.7 Å². The van der Waals surface area contributed by atoms with Crippen LogP contribution in [0.4, 0.5) is 0 Å². The van der Waals surface area contributed by atoms with Crippen LogP contribution in [0.15, 0.2) is 36.4 Å².